The third-order valence-corrected chi connectivity index (χ3v) is 8.72. The second kappa shape index (κ2) is 14.0. The molecule has 208 valence electrons. The smallest absolute Gasteiger partial charge is 0.264 e. The van der Waals surface area contributed by atoms with Gasteiger partial charge in [-0.05, 0) is 73.7 Å². The van der Waals surface area contributed by atoms with Crippen LogP contribution in [0, 0.1) is 0 Å². The zero-order chi connectivity index (χ0) is 28.4. The van der Waals surface area contributed by atoms with Crippen LogP contribution in [-0.4, -0.2) is 57.6 Å². The van der Waals surface area contributed by atoms with Gasteiger partial charge >= 0.3 is 0 Å². The van der Waals surface area contributed by atoms with Crippen molar-refractivity contribution in [3.63, 3.8) is 0 Å². The highest BCUT2D eigenvalue weighted by molar-refractivity contribution is 7.98. The van der Waals surface area contributed by atoms with Gasteiger partial charge in [-0.25, -0.2) is 8.42 Å². The van der Waals surface area contributed by atoms with Crippen molar-refractivity contribution in [1.82, 2.24) is 10.2 Å². The van der Waals surface area contributed by atoms with Gasteiger partial charge in [-0.15, -0.1) is 11.8 Å². The monoisotopic (exact) mass is 569 g/mol. The summed E-state index contributed by atoms with van der Waals surface area (Å²) < 4.78 is 34.5. The minimum absolute atomic E-state index is 0.0648. The van der Waals surface area contributed by atoms with E-state index in [1.165, 1.54) is 35.8 Å². The quantitative estimate of drug-likeness (QED) is 0.303. The van der Waals surface area contributed by atoms with Crippen LogP contribution in [0.5, 0.6) is 5.75 Å². The van der Waals surface area contributed by atoms with Crippen molar-refractivity contribution in [2.45, 2.75) is 42.6 Å². The molecule has 8 nitrogen and oxygen atoms in total. The molecule has 3 aromatic rings. The summed E-state index contributed by atoms with van der Waals surface area (Å²) in [6.07, 6.45) is 2.27. The summed E-state index contributed by atoms with van der Waals surface area (Å²) in [5.41, 5.74) is 1.14. The van der Waals surface area contributed by atoms with Gasteiger partial charge < -0.3 is 15.0 Å². The van der Waals surface area contributed by atoms with E-state index in [9.17, 15) is 18.0 Å². The normalized spacial score (nSPS) is 11.9. The van der Waals surface area contributed by atoms with Crippen molar-refractivity contribution in [2.24, 2.45) is 0 Å². The van der Waals surface area contributed by atoms with Crippen molar-refractivity contribution in [3.05, 3.63) is 84.4 Å². The van der Waals surface area contributed by atoms with Crippen LogP contribution in [0.4, 0.5) is 5.69 Å². The fourth-order valence-corrected chi connectivity index (χ4v) is 5.97. The van der Waals surface area contributed by atoms with Crippen molar-refractivity contribution >= 4 is 39.3 Å². The molecule has 2 amide bonds. The fraction of sp³-hybridized carbons (Fsp3) is 0.310. The highest BCUT2D eigenvalue weighted by Gasteiger charge is 2.33. The van der Waals surface area contributed by atoms with Gasteiger partial charge in [-0.2, -0.15) is 0 Å². The summed E-state index contributed by atoms with van der Waals surface area (Å²) >= 11 is 1.50. The minimum atomic E-state index is -4.13. The molecule has 0 aliphatic carbocycles. The van der Waals surface area contributed by atoms with Gasteiger partial charge in [0.2, 0.25) is 11.8 Å². The Hall–Kier alpha value is -3.50. The lowest BCUT2D eigenvalue weighted by molar-refractivity contribution is -0.140. The minimum Gasteiger partial charge on any atom is -0.494 e. The van der Waals surface area contributed by atoms with Crippen LogP contribution >= 0.6 is 11.8 Å². The van der Waals surface area contributed by atoms with Crippen molar-refractivity contribution in [1.29, 1.82) is 0 Å². The number of benzene rings is 3. The van der Waals surface area contributed by atoms with Gasteiger partial charge in [-0.1, -0.05) is 37.3 Å². The summed E-state index contributed by atoms with van der Waals surface area (Å²) in [6, 6.07) is 21.6. The second-order valence-electron chi connectivity index (χ2n) is 8.66. The molecule has 3 aromatic carbocycles. The number of ether oxygens (including phenoxy) is 1. The lowest BCUT2D eigenvalue weighted by atomic mass is 10.1. The van der Waals surface area contributed by atoms with E-state index in [4.69, 9.17) is 4.74 Å². The van der Waals surface area contributed by atoms with Crippen molar-refractivity contribution in [2.75, 3.05) is 30.8 Å². The molecular formula is C29H35N3O5S2. The Morgan fingerprint density at radius 2 is 1.59 bits per heavy atom. The van der Waals surface area contributed by atoms with Gasteiger partial charge in [0.05, 0.1) is 17.2 Å². The lowest BCUT2D eigenvalue weighted by Gasteiger charge is -2.33. The Morgan fingerprint density at radius 1 is 0.949 bits per heavy atom. The molecule has 1 N–H and O–H groups in total. The number of rotatable bonds is 13. The summed E-state index contributed by atoms with van der Waals surface area (Å²) in [5.74, 6) is -0.219. The number of nitrogens with zero attached hydrogens (tertiary/aromatic N) is 2. The predicted molar refractivity (Wildman–Crippen MR) is 156 cm³/mol. The molecule has 0 bridgehead atoms. The molecule has 0 aliphatic rings. The second-order valence-corrected chi connectivity index (χ2v) is 11.4. The molecule has 3 rings (SSSR count). The first-order valence-electron chi connectivity index (χ1n) is 12.7. The number of thioether (sulfide) groups is 1. The molecule has 0 heterocycles. The first kappa shape index (κ1) is 30.0. The fourth-order valence-electron chi connectivity index (χ4n) is 4.15. The van der Waals surface area contributed by atoms with E-state index in [0.717, 1.165) is 14.8 Å². The molecule has 0 spiro atoms. The summed E-state index contributed by atoms with van der Waals surface area (Å²) in [5, 5.41) is 2.63. The van der Waals surface area contributed by atoms with Gasteiger partial charge in [0.15, 0.2) is 0 Å². The first-order chi connectivity index (χ1) is 18.7. The van der Waals surface area contributed by atoms with Crippen LogP contribution in [0.2, 0.25) is 0 Å². The Morgan fingerprint density at radius 3 is 2.13 bits per heavy atom. The number of sulfonamides is 1. The van der Waals surface area contributed by atoms with Crippen molar-refractivity contribution < 1.29 is 22.7 Å². The Balaban J connectivity index is 2.05. The number of anilines is 1. The van der Waals surface area contributed by atoms with E-state index in [0.29, 0.717) is 24.5 Å². The number of carbonyl (C=O) groups is 2. The van der Waals surface area contributed by atoms with Crippen LogP contribution < -0.4 is 14.4 Å². The number of hydrogen-bond donors (Lipinski definition) is 1. The zero-order valence-electron chi connectivity index (χ0n) is 22.7. The van der Waals surface area contributed by atoms with Crippen LogP contribution in [-0.2, 0) is 26.2 Å². The molecule has 39 heavy (non-hydrogen) atoms. The topological polar surface area (TPSA) is 96.0 Å². The van der Waals surface area contributed by atoms with E-state index in [1.54, 1.807) is 36.4 Å². The van der Waals surface area contributed by atoms with E-state index in [-0.39, 0.29) is 17.3 Å². The average molecular weight is 570 g/mol. The third kappa shape index (κ3) is 7.54. The standard InChI is InChI=1S/C29H35N3O5S2/c1-5-27(29(34)30-3)31(20-22-10-8-7-9-11-22)28(33)21-32(23-12-14-24(15-13-23)37-6-2)39(35,36)26-18-16-25(38-4)17-19-26/h7-19,27H,5-6,20-21H2,1-4H3,(H,30,34). The largest absolute Gasteiger partial charge is 0.494 e. The van der Waals surface area contributed by atoms with Crippen LogP contribution in [0.1, 0.15) is 25.8 Å². The number of carbonyl (C=O) groups excluding carboxylic acids is 2. The maximum atomic E-state index is 13.9. The van der Waals surface area contributed by atoms with Gasteiger partial charge in [0.1, 0.15) is 18.3 Å². The lowest BCUT2D eigenvalue weighted by Crippen LogP contribution is -2.51. The maximum Gasteiger partial charge on any atom is 0.264 e. The van der Waals surface area contributed by atoms with E-state index in [1.807, 2.05) is 50.4 Å². The Bertz CT molecular complexity index is 1330. The van der Waals surface area contributed by atoms with E-state index >= 15 is 0 Å². The molecular weight excluding hydrogens is 534 g/mol. The third-order valence-electron chi connectivity index (χ3n) is 6.19. The molecule has 1 unspecified atom stereocenters. The van der Waals surface area contributed by atoms with Crippen LogP contribution in [0.15, 0.2) is 88.7 Å². The first-order valence-corrected chi connectivity index (χ1v) is 15.4. The predicted octanol–water partition coefficient (Wildman–Crippen LogP) is 4.56. The molecule has 0 saturated heterocycles. The van der Waals surface area contributed by atoms with Crippen LogP contribution in [0.3, 0.4) is 0 Å². The Labute approximate surface area is 235 Å². The van der Waals surface area contributed by atoms with E-state index in [2.05, 4.69) is 5.32 Å². The molecule has 0 aromatic heterocycles. The molecule has 0 radical (unpaired) electrons. The number of hydrogen-bond acceptors (Lipinski definition) is 6. The van der Waals surface area contributed by atoms with Crippen LogP contribution in [0.25, 0.3) is 0 Å². The maximum absolute atomic E-state index is 13.9. The molecule has 0 fully saturated rings. The Kier molecular flexibility index (Phi) is 10.8. The van der Waals surface area contributed by atoms with Gasteiger partial charge in [-0.3, -0.25) is 13.9 Å². The highest BCUT2D eigenvalue weighted by Crippen LogP contribution is 2.28. The summed E-state index contributed by atoms with van der Waals surface area (Å²) in [7, 11) is -2.61. The van der Waals surface area contributed by atoms with Crippen molar-refractivity contribution in [3.8, 4) is 5.75 Å². The average Bonchev–Trinajstić information content (AvgIpc) is 2.96. The van der Waals surface area contributed by atoms with Gasteiger partial charge in [0.25, 0.3) is 10.0 Å². The number of amides is 2. The molecule has 0 saturated carbocycles. The summed E-state index contributed by atoms with van der Waals surface area (Å²) in [4.78, 5) is 29.1. The number of likely N-dealkylation sites (N-methyl/N-ethyl adjacent to an activating group) is 1. The zero-order valence-corrected chi connectivity index (χ0v) is 24.3. The molecule has 1 atom stereocenters. The number of nitrogens with one attached hydrogen (secondary N) is 1. The SMILES string of the molecule is CCOc1ccc(N(CC(=O)N(Cc2ccccc2)C(CC)C(=O)NC)S(=O)(=O)c2ccc(SC)cc2)cc1. The summed E-state index contributed by atoms with van der Waals surface area (Å²) in [6.45, 7) is 3.82. The van der Waals surface area contributed by atoms with Gasteiger partial charge in [0, 0.05) is 18.5 Å². The van der Waals surface area contributed by atoms with E-state index < -0.39 is 28.5 Å². The molecule has 0 aliphatic heterocycles. The molecule has 10 heteroatoms. The highest BCUT2D eigenvalue weighted by atomic mass is 32.2.